The van der Waals surface area contributed by atoms with Gasteiger partial charge >= 0.3 is 0 Å². The molecule has 0 saturated carbocycles. The topological polar surface area (TPSA) is 42.5 Å². The molecule has 0 fully saturated rings. The summed E-state index contributed by atoms with van der Waals surface area (Å²) in [6.45, 7) is 4.54. The maximum atomic E-state index is 5.96. The predicted molar refractivity (Wildman–Crippen MR) is 103 cm³/mol. The van der Waals surface area contributed by atoms with E-state index in [2.05, 4.69) is 10.6 Å². The van der Waals surface area contributed by atoms with Crippen molar-refractivity contribution in [3.8, 4) is 11.5 Å². The molecule has 0 spiro atoms. The van der Waals surface area contributed by atoms with E-state index in [4.69, 9.17) is 33.3 Å². The lowest BCUT2D eigenvalue weighted by molar-refractivity contribution is 0.230. The van der Waals surface area contributed by atoms with Crippen molar-refractivity contribution in [3.05, 3.63) is 53.1 Å². The summed E-state index contributed by atoms with van der Waals surface area (Å²) in [5, 5.41) is 7.45. The van der Waals surface area contributed by atoms with Gasteiger partial charge in [-0.2, -0.15) is 0 Å². The summed E-state index contributed by atoms with van der Waals surface area (Å²) in [5.74, 6) is 1.44. The average molecular weight is 365 g/mol. The van der Waals surface area contributed by atoms with Crippen LogP contribution < -0.4 is 20.1 Å². The summed E-state index contributed by atoms with van der Waals surface area (Å²) in [7, 11) is 1.63. The third-order valence-corrected chi connectivity index (χ3v) is 3.61. The van der Waals surface area contributed by atoms with Crippen LogP contribution in [0.2, 0.25) is 5.02 Å². The molecule has 0 aliphatic carbocycles. The molecular formula is C18H21ClN2O2S. The molecule has 0 bridgehead atoms. The van der Waals surface area contributed by atoms with Crippen LogP contribution in [0.3, 0.4) is 0 Å². The lowest BCUT2D eigenvalue weighted by Crippen LogP contribution is -2.27. The molecule has 0 saturated heterocycles. The monoisotopic (exact) mass is 364 g/mol. The fraction of sp³-hybridized carbons (Fsp3) is 0.278. The zero-order chi connectivity index (χ0) is 17.5. The minimum Gasteiger partial charge on any atom is -0.493 e. The van der Waals surface area contributed by atoms with Gasteiger partial charge in [0.2, 0.25) is 0 Å². The molecule has 0 amide bonds. The summed E-state index contributed by atoms with van der Waals surface area (Å²) in [5.41, 5.74) is 1.89. The first kappa shape index (κ1) is 18.4. The Morgan fingerprint density at radius 2 is 1.96 bits per heavy atom. The smallest absolute Gasteiger partial charge is 0.171 e. The van der Waals surface area contributed by atoms with Gasteiger partial charge in [0.1, 0.15) is 0 Å². The number of anilines is 1. The number of thiocarbonyl (C=S) groups is 1. The standard InChI is InChI=1S/C18H21ClN2O2S/c1-12(2)23-16-8-7-13(9-17(16)22-3)11-20-18(24)21-15-6-4-5-14(19)10-15/h4-10,12H,11H2,1-3H3,(H2,20,21,24). The van der Waals surface area contributed by atoms with E-state index >= 15 is 0 Å². The summed E-state index contributed by atoms with van der Waals surface area (Å²) >= 11 is 11.3. The zero-order valence-corrected chi connectivity index (χ0v) is 15.5. The largest absolute Gasteiger partial charge is 0.493 e. The predicted octanol–water partition coefficient (Wildman–Crippen LogP) is 4.62. The van der Waals surface area contributed by atoms with Crippen LogP contribution in [0.1, 0.15) is 19.4 Å². The van der Waals surface area contributed by atoms with Gasteiger partial charge in [0.25, 0.3) is 0 Å². The number of rotatable bonds is 6. The lowest BCUT2D eigenvalue weighted by Gasteiger charge is -2.15. The Kier molecular flexibility index (Phi) is 6.70. The Morgan fingerprint density at radius 3 is 2.62 bits per heavy atom. The van der Waals surface area contributed by atoms with Crippen molar-refractivity contribution in [2.24, 2.45) is 0 Å². The first-order valence-electron chi connectivity index (χ1n) is 7.62. The van der Waals surface area contributed by atoms with Crippen molar-refractivity contribution in [3.63, 3.8) is 0 Å². The van der Waals surface area contributed by atoms with E-state index in [9.17, 15) is 0 Å². The van der Waals surface area contributed by atoms with Crippen LogP contribution in [0, 0.1) is 0 Å². The molecule has 0 radical (unpaired) electrons. The number of methoxy groups -OCH3 is 1. The fourth-order valence-electron chi connectivity index (χ4n) is 2.10. The number of ether oxygens (including phenoxy) is 2. The summed E-state index contributed by atoms with van der Waals surface area (Å²) in [6.07, 6.45) is 0.0948. The van der Waals surface area contributed by atoms with Crippen molar-refractivity contribution in [2.75, 3.05) is 12.4 Å². The lowest BCUT2D eigenvalue weighted by atomic mass is 10.2. The Morgan fingerprint density at radius 1 is 1.17 bits per heavy atom. The van der Waals surface area contributed by atoms with Crippen molar-refractivity contribution < 1.29 is 9.47 Å². The fourth-order valence-corrected chi connectivity index (χ4v) is 2.48. The quantitative estimate of drug-likeness (QED) is 0.732. The molecule has 0 unspecified atom stereocenters. The maximum Gasteiger partial charge on any atom is 0.171 e. The van der Waals surface area contributed by atoms with Crippen molar-refractivity contribution in [1.82, 2.24) is 5.32 Å². The normalized spacial score (nSPS) is 10.4. The molecule has 0 atom stereocenters. The molecule has 2 N–H and O–H groups in total. The number of hydrogen-bond acceptors (Lipinski definition) is 3. The Hall–Kier alpha value is -1.98. The van der Waals surface area contributed by atoms with E-state index in [-0.39, 0.29) is 6.10 Å². The average Bonchev–Trinajstić information content (AvgIpc) is 2.53. The minimum atomic E-state index is 0.0948. The van der Waals surface area contributed by atoms with Crippen LogP contribution in [0.5, 0.6) is 11.5 Å². The molecule has 0 heterocycles. The summed E-state index contributed by atoms with van der Waals surface area (Å²) in [6, 6.07) is 13.2. The molecule has 0 aliphatic heterocycles. The first-order chi connectivity index (χ1) is 11.5. The van der Waals surface area contributed by atoms with E-state index in [0.717, 1.165) is 17.0 Å². The number of hydrogen-bond donors (Lipinski definition) is 2. The second-order valence-corrected chi connectivity index (χ2v) is 6.31. The van der Waals surface area contributed by atoms with E-state index in [1.54, 1.807) is 7.11 Å². The van der Waals surface area contributed by atoms with Crippen LogP contribution >= 0.6 is 23.8 Å². The van der Waals surface area contributed by atoms with Crippen LogP contribution in [-0.2, 0) is 6.54 Å². The van der Waals surface area contributed by atoms with Gasteiger partial charge in [-0.25, -0.2) is 0 Å². The van der Waals surface area contributed by atoms with Crippen molar-refractivity contribution in [2.45, 2.75) is 26.5 Å². The summed E-state index contributed by atoms with van der Waals surface area (Å²) < 4.78 is 11.1. The molecule has 2 aromatic rings. The second-order valence-electron chi connectivity index (χ2n) is 5.47. The highest BCUT2D eigenvalue weighted by molar-refractivity contribution is 7.80. The minimum absolute atomic E-state index is 0.0948. The molecular weight excluding hydrogens is 344 g/mol. The number of nitrogens with one attached hydrogen (secondary N) is 2. The van der Waals surface area contributed by atoms with E-state index in [0.29, 0.717) is 22.4 Å². The van der Waals surface area contributed by atoms with Gasteiger partial charge in [0.05, 0.1) is 13.2 Å². The zero-order valence-electron chi connectivity index (χ0n) is 13.9. The van der Waals surface area contributed by atoms with Gasteiger partial charge in [0, 0.05) is 17.3 Å². The molecule has 6 heteroatoms. The van der Waals surface area contributed by atoms with Crippen LogP contribution in [0.25, 0.3) is 0 Å². The first-order valence-corrected chi connectivity index (χ1v) is 8.40. The molecule has 2 rings (SSSR count). The molecule has 24 heavy (non-hydrogen) atoms. The van der Waals surface area contributed by atoms with Crippen LogP contribution in [-0.4, -0.2) is 18.3 Å². The molecule has 128 valence electrons. The van der Waals surface area contributed by atoms with Gasteiger partial charge in [-0.1, -0.05) is 23.7 Å². The van der Waals surface area contributed by atoms with Crippen molar-refractivity contribution in [1.29, 1.82) is 0 Å². The Balaban J connectivity index is 1.94. The summed E-state index contributed by atoms with van der Waals surface area (Å²) in [4.78, 5) is 0. The molecule has 4 nitrogen and oxygen atoms in total. The highest BCUT2D eigenvalue weighted by Crippen LogP contribution is 2.28. The van der Waals surface area contributed by atoms with Crippen LogP contribution in [0.4, 0.5) is 5.69 Å². The second kappa shape index (κ2) is 8.76. The Bertz CT molecular complexity index is 707. The SMILES string of the molecule is COc1cc(CNC(=S)Nc2cccc(Cl)c2)ccc1OC(C)C. The van der Waals surface area contributed by atoms with E-state index in [1.807, 2.05) is 56.3 Å². The van der Waals surface area contributed by atoms with Gasteiger partial charge in [-0.05, 0) is 62.0 Å². The highest BCUT2D eigenvalue weighted by Gasteiger charge is 2.08. The van der Waals surface area contributed by atoms with E-state index < -0.39 is 0 Å². The number of benzene rings is 2. The van der Waals surface area contributed by atoms with Gasteiger partial charge in [-0.3, -0.25) is 0 Å². The highest BCUT2D eigenvalue weighted by atomic mass is 35.5. The molecule has 0 aromatic heterocycles. The van der Waals surface area contributed by atoms with E-state index in [1.165, 1.54) is 0 Å². The Labute approximate surface area is 153 Å². The maximum absolute atomic E-state index is 5.96. The van der Waals surface area contributed by atoms with Gasteiger partial charge in [-0.15, -0.1) is 0 Å². The van der Waals surface area contributed by atoms with Crippen molar-refractivity contribution >= 4 is 34.6 Å². The molecule has 0 aliphatic rings. The number of halogens is 1. The van der Waals surface area contributed by atoms with Gasteiger partial charge in [0.15, 0.2) is 16.6 Å². The van der Waals surface area contributed by atoms with Crippen LogP contribution in [0.15, 0.2) is 42.5 Å². The third kappa shape index (κ3) is 5.58. The van der Waals surface area contributed by atoms with Gasteiger partial charge < -0.3 is 20.1 Å². The molecule has 2 aromatic carbocycles. The third-order valence-electron chi connectivity index (χ3n) is 3.13.